The van der Waals surface area contributed by atoms with E-state index in [9.17, 15) is 8.42 Å². The van der Waals surface area contributed by atoms with Crippen LogP contribution < -0.4 is 9.46 Å². The lowest BCUT2D eigenvalue weighted by atomic mass is 10.2. The van der Waals surface area contributed by atoms with Crippen molar-refractivity contribution in [3.05, 3.63) is 45.9 Å². The van der Waals surface area contributed by atoms with E-state index in [-0.39, 0.29) is 4.90 Å². The summed E-state index contributed by atoms with van der Waals surface area (Å²) in [7, 11) is -1.94. The van der Waals surface area contributed by atoms with Crippen molar-refractivity contribution in [3.8, 4) is 5.75 Å². The summed E-state index contributed by atoms with van der Waals surface area (Å²) in [5.74, 6) is 1.51. The lowest BCUT2D eigenvalue weighted by molar-refractivity contribution is 0.411. The molecule has 21 heavy (non-hydrogen) atoms. The van der Waals surface area contributed by atoms with Crippen LogP contribution in [0.25, 0.3) is 0 Å². The average molecular weight is 421 g/mol. The Kier molecular flexibility index (Phi) is 5.65. The molecule has 1 aromatic heterocycles. The number of furan rings is 1. The zero-order chi connectivity index (χ0) is 15.3. The molecule has 0 saturated heterocycles. The smallest absolute Gasteiger partial charge is 0.240 e. The van der Waals surface area contributed by atoms with Gasteiger partial charge < -0.3 is 9.15 Å². The van der Waals surface area contributed by atoms with Gasteiger partial charge in [-0.3, -0.25) is 0 Å². The van der Waals surface area contributed by atoms with E-state index in [0.29, 0.717) is 25.1 Å². The number of benzene rings is 1. The van der Waals surface area contributed by atoms with Crippen LogP contribution in [0, 0.1) is 3.57 Å². The van der Waals surface area contributed by atoms with E-state index in [2.05, 4.69) is 4.72 Å². The van der Waals surface area contributed by atoms with Gasteiger partial charge in [0.2, 0.25) is 10.0 Å². The summed E-state index contributed by atoms with van der Waals surface area (Å²) in [6.07, 6.45) is 2.99. The van der Waals surface area contributed by atoms with E-state index in [1.165, 1.54) is 6.07 Å². The molecule has 7 heteroatoms. The fraction of sp³-hybridized carbons (Fsp3) is 0.286. The number of nitrogens with one attached hydrogen (secondary N) is 1. The molecule has 1 heterocycles. The Balaban J connectivity index is 1.93. The molecule has 0 atom stereocenters. The van der Waals surface area contributed by atoms with E-state index < -0.39 is 10.0 Å². The molecule has 114 valence electrons. The molecule has 0 spiro atoms. The Bertz CT molecular complexity index is 683. The van der Waals surface area contributed by atoms with Crippen molar-refractivity contribution in [1.29, 1.82) is 0 Å². The molecule has 0 radical (unpaired) electrons. The molecule has 5 nitrogen and oxygen atoms in total. The summed E-state index contributed by atoms with van der Waals surface area (Å²) in [4.78, 5) is 0.241. The van der Waals surface area contributed by atoms with Gasteiger partial charge in [0.15, 0.2) is 0 Å². The Labute approximate surface area is 137 Å². The second kappa shape index (κ2) is 7.28. The molecule has 0 aliphatic carbocycles. The second-order valence-electron chi connectivity index (χ2n) is 4.38. The van der Waals surface area contributed by atoms with Gasteiger partial charge in [0.05, 0.1) is 21.8 Å². The number of hydrogen-bond donors (Lipinski definition) is 1. The van der Waals surface area contributed by atoms with Crippen LogP contribution >= 0.6 is 22.6 Å². The number of aryl methyl sites for hydroxylation is 1. The van der Waals surface area contributed by atoms with Gasteiger partial charge in [-0.2, -0.15) is 0 Å². The van der Waals surface area contributed by atoms with E-state index in [1.54, 1.807) is 25.5 Å². The number of hydrogen-bond acceptors (Lipinski definition) is 4. The first-order valence-electron chi connectivity index (χ1n) is 6.38. The Hall–Kier alpha value is -1.06. The summed E-state index contributed by atoms with van der Waals surface area (Å²) >= 11 is 2.05. The predicted octanol–water partition coefficient (Wildman–Crippen LogP) is 2.80. The van der Waals surface area contributed by atoms with Crippen LogP contribution in [0.1, 0.15) is 12.2 Å². The lowest BCUT2D eigenvalue weighted by Gasteiger charge is -2.08. The topological polar surface area (TPSA) is 68.5 Å². The van der Waals surface area contributed by atoms with Gasteiger partial charge >= 0.3 is 0 Å². The summed E-state index contributed by atoms with van der Waals surface area (Å²) in [5, 5.41) is 0. The van der Waals surface area contributed by atoms with E-state index in [0.717, 1.165) is 9.33 Å². The minimum atomic E-state index is -3.49. The van der Waals surface area contributed by atoms with Crippen molar-refractivity contribution in [2.24, 2.45) is 0 Å². The van der Waals surface area contributed by atoms with E-state index >= 15 is 0 Å². The SMILES string of the molecule is COc1ccc(S(=O)(=O)NCCCc2ccco2)cc1I. The molecule has 1 aromatic carbocycles. The van der Waals surface area contributed by atoms with Crippen LogP contribution in [-0.4, -0.2) is 22.1 Å². The summed E-state index contributed by atoms with van der Waals surface area (Å²) in [6.45, 7) is 0.367. The third-order valence-electron chi connectivity index (χ3n) is 2.91. The normalized spacial score (nSPS) is 11.5. The van der Waals surface area contributed by atoms with Gasteiger partial charge in [-0.1, -0.05) is 0 Å². The number of halogens is 1. The van der Waals surface area contributed by atoms with Gasteiger partial charge in [-0.25, -0.2) is 13.1 Å². The Morgan fingerprint density at radius 3 is 2.76 bits per heavy atom. The maximum absolute atomic E-state index is 12.2. The lowest BCUT2D eigenvalue weighted by Crippen LogP contribution is -2.25. The zero-order valence-corrected chi connectivity index (χ0v) is 14.5. The molecular weight excluding hydrogens is 405 g/mol. The molecule has 0 fully saturated rings. The van der Waals surface area contributed by atoms with Crippen molar-refractivity contribution >= 4 is 32.6 Å². The Morgan fingerprint density at radius 2 is 2.14 bits per heavy atom. The van der Waals surface area contributed by atoms with Crippen LogP contribution in [0.4, 0.5) is 0 Å². The van der Waals surface area contributed by atoms with Gasteiger partial charge in [0, 0.05) is 13.0 Å². The number of rotatable bonds is 7. The van der Waals surface area contributed by atoms with Crippen LogP contribution in [0.2, 0.25) is 0 Å². The molecule has 2 aromatic rings. The molecule has 0 unspecified atom stereocenters. The van der Waals surface area contributed by atoms with Gasteiger partial charge in [-0.15, -0.1) is 0 Å². The first-order chi connectivity index (χ1) is 10.0. The molecule has 0 amide bonds. The fourth-order valence-corrected chi connectivity index (χ4v) is 3.87. The first kappa shape index (κ1) is 16.3. The summed E-state index contributed by atoms with van der Waals surface area (Å²) in [5.41, 5.74) is 0. The summed E-state index contributed by atoms with van der Waals surface area (Å²) in [6, 6.07) is 8.47. The molecule has 0 aliphatic rings. The standard InChI is InChI=1S/C14H16INO4S/c1-19-14-7-6-12(10-13(14)15)21(17,18)16-8-2-4-11-5-3-9-20-11/h3,5-7,9-10,16H,2,4,8H2,1H3. The third-order valence-corrected chi connectivity index (χ3v) is 5.21. The van der Waals surface area contributed by atoms with Crippen LogP contribution in [0.15, 0.2) is 45.9 Å². The van der Waals surface area contributed by atoms with Gasteiger partial charge in [-0.05, 0) is 59.3 Å². The average Bonchev–Trinajstić information content (AvgIpc) is 2.97. The number of ether oxygens (including phenoxy) is 1. The molecule has 0 aliphatic heterocycles. The van der Waals surface area contributed by atoms with Crippen molar-refractivity contribution < 1.29 is 17.6 Å². The number of methoxy groups -OCH3 is 1. The predicted molar refractivity (Wildman–Crippen MR) is 87.9 cm³/mol. The van der Waals surface area contributed by atoms with Crippen LogP contribution in [-0.2, 0) is 16.4 Å². The Morgan fingerprint density at radius 1 is 1.33 bits per heavy atom. The third kappa shape index (κ3) is 4.45. The highest BCUT2D eigenvalue weighted by atomic mass is 127. The molecular formula is C14H16INO4S. The fourth-order valence-electron chi connectivity index (χ4n) is 1.82. The van der Waals surface area contributed by atoms with Crippen LogP contribution in [0.5, 0.6) is 5.75 Å². The summed E-state index contributed by atoms with van der Waals surface area (Å²) < 4.78 is 38.0. The quantitative estimate of drug-likeness (QED) is 0.552. The maximum Gasteiger partial charge on any atom is 0.240 e. The molecule has 0 bridgehead atoms. The molecule has 1 N–H and O–H groups in total. The molecule has 0 saturated carbocycles. The van der Waals surface area contributed by atoms with Crippen molar-refractivity contribution in [2.75, 3.05) is 13.7 Å². The monoisotopic (exact) mass is 421 g/mol. The van der Waals surface area contributed by atoms with Crippen molar-refractivity contribution in [1.82, 2.24) is 4.72 Å². The van der Waals surface area contributed by atoms with Crippen LogP contribution in [0.3, 0.4) is 0 Å². The van der Waals surface area contributed by atoms with Crippen molar-refractivity contribution in [2.45, 2.75) is 17.7 Å². The highest BCUT2D eigenvalue weighted by molar-refractivity contribution is 14.1. The maximum atomic E-state index is 12.2. The van der Waals surface area contributed by atoms with E-state index in [4.69, 9.17) is 9.15 Å². The van der Waals surface area contributed by atoms with E-state index in [1.807, 2.05) is 34.7 Å². The van der Waals surface area contributed by atoms with Gasteiger partial charge in [0.1, 0.15) is 11.5 Å². The number of sulfonamides is 1. The second-order valence-corrected chi connectivity index (χ2v) is 7.31. The van der Waals surface area contributed by atoms with Gasteiger partial charge in [0.25, 0.3) is 0 Å². The zero-order valence-electron chi connectivity index (χ0n) is 11.5. The highest BCUT2D eigenvalue weighted by Crippen LogP contribution is 2.23. The molecule has 2 rings (SSSR count). The first-order valence-corrected chi connectivity index (χ1v) is 8.95. The highest BCUT2D eigenvalue weighted by Gasteiger charge is 2.15. The van der Waals surface area contributed by atoms with Crippen molar-refractivity contribution in [3.63, 3.8) is 0 Å². The minimum Gasteiger partial charge on any atom is -0.496 e. The minimum absolute atomic E-state index is 0.241. The largest absolute Gasteiger partial charge is 0.496 e.